The van der Waals surface area contributed by atoms with Gasteiger partial charge in [0.2, 0.25) is 0 Å². The molecule has 0 aliphatic carbocycles. The molecule has 136 valence electrons. The van der Waals surface area contributed by atoms with Gasteiger partial charge in [0.05, 0.1) is 17.2 Å². The van der Waals surface area contributed by atoms with E-state index in [9.17, 15) is 9.59 Å². The predicted octanol–water partition coefficient (Wildman–Crippen LogP) is 2.91. The molecular formula is C19H24O6. The summed E-state index contributed by atoms with van der Waals surface area (Å²) in [5.74, 6) is -1.76. The summed E-state index contributed by atoms with van der Waals surface area (Å²) >= 11 is 0. The van der Waals surface area contributed by atoms with Crippen LogP contribution in [0.15, 0.2) is 60.7 Å². The fourth-order valence-corrected chi connectivity index (χ4v) is 1.55. The first-order chi connectivity index (χ1) is 11.9. The van der Waals surface area contributed by atoms with Crippen molar-refractivity contribution in [3.05, 3.63) is 71.8 Å². The average molecular weight is 348 g/mol. The molecule has 0 heterocycles. The molecule has 0 aliphatic rings. The van der Waals surface area contributed by atoms with Crippen LogP contribution in [0.3, 0.4) is 0 Å². The third kappa shape index (κ3) is 12.4. The minimum absolute atomic E-state index is 0.185. The van der Waals surface area contributed by atoms with Crippen LogP contribution in [-0.2, 0) is 0 Å². The standard InChI is InChI=1S/2C7H6O2.C5H12O2/c2*8-7(9)6-4-2-1-3-5-6;1-5(7)3-2-4-6/h2*1-5H,(H,8,9);5-7H,2-4H2,1H3. The number of aliphatic hydroxyl groups is 2. The smallest absolute Gasteiger partial charge is 0.335 e. The number of hydrogen-bond donors (Lipinski definition) is 4. The summed E-state index contributed by atoms with van der Waals surface area (Å²) in [7, 11) is 0. The molecule has 2 aromatic rings. The van der Waals surface area contributed by atoms with Crippen LogP contribution < -0.4 is 0 Å². The van der Waals surface area contributed by atoms with Crippen molar-refractivity contribution in [3.8, 4) is 0 Å². The highest BCUT2D eigenvalue weighted by molar-refractivity contribution is 5.87. The fraction of sp³-hybridized carbons (Fsp3) is 0.263. The van der Waals surface area contributed by atoms with Gasteiger partial charge < -0.3 is 20.4 Å². The van der Waals surface area contributed by atoms with Crippen molar-refractivity contribution in [2.24, 2.45) is 0 Å². The van der Waals surface area contributed by atoms with Gasteiger partial charge in [0.15, 0.2) is 0 Å². The molecule has 0 saturated heterocycles. The molecule has 0 saturated carbocycles. The molecular weight excluding hydrogens is 324 g/mol. The van der Waals surface area contributed by atoms with Crippen LogP contribution in [0, 0.1) is 0 Å². The lowest BCUT2D eigenvalue weighted by Gasteiger charge is -1.98. The summed E-state index contributed by atoms with van der Waals surface area (Å²) in [5, 5.41) is 33.5. The van der Waals surface area contributed by atoms with Crippen molar-refractivity contribution < 1.29 is 30.0 Å². The zero-order chi connectivity index (χ0) is 19.1. The zero-order valence-electron chi connectivity index (χ0n) is 14.1. The number of benzene rings is 2. The third-order valence-electron chi connectivity index (χ3n) is 2.82. The summed E-state index contributed by atoms with van der Waals surface area (Å²) in [6, 6.07) is 16.6. The SMILES string of the molecule is CC(O)CCCO.O=C(O)c1ccccc1.O=C(O)c1ccccc1. The maximum Gasteiger partial charge on any atom is 0.335 e. The van der Waals surface area contributed by atoms with Gasteiger partial charge in [0, 0.05) is 6.61 Å². The topological polar surface area (TPSA) is 115 Å². The van der Waals surface area contributed by atoms with E-state index in [0.29, 0.717) is 24.0 Å². The van der Waals surface area contributed by atoms with Crippen LogP contribution in [-0.4, -0.2) is 45.1 Å². The second kappa shape index (κ2) is 13.7. The molecule has 0 bridgehead atoms. The molecule has 2 rings (SSSR count). The maximum absolute atomic E-state index is 10.2. The van der Waals surface area contributed by atoms with E-state index in [2.05, 4.69) is 0 Å². The Morgan fingerprint density at radius 2 is 1.20 bits per heavy atom. The predicted molar refractivity (Wildman–Crippen MR) is 94.8 cm³/mol. The zero-order valence-corrected chi connectivity index (χ0v) is 14.1. The molecule has 6 heteroatoms. The molecule has 4 N–H and O–H groups in total. The minimum atomic E-state index is -0.879. The third-order valence-corrected chi connectivity index (χ3v) is 2.82. The molecule has 1 atom stereocenters. The van der Waals surface area contributed by atoms with E-state index in [-0.39, 0.29) is 12.7 Å². The van der Waals surface area contributed by atoms with Gasteiger partial charge in [0.25, 0.3) is 0 Å². The van der Waals surface area contributed by atoms with Gasteiger partial charge in [0.1, 0.15) is 0 Å². The summed E-state index contributed by atoms with van der Waals surface area (Å²) in [4.78, 5) is 20.4. The molecule has 0 aromatic heterocycles. The molecule has 0 spiro atoms. The van der Waals surface area contributed by atoms with Gasteiger partial charge in [-0.3, -0.25) is 0 Å². The molecule has 25 heavy (non-hydrogen) atoms. The Morgan fingerprint density at radius 1 is 0.840 bits per heavy atom. The van der Waals surface area contributed by atoms with Crippen molar-refractivity contribution in [2.75, 3.05) is 6.61 Å². The number of aromatic carboxylic acids is 2. The normalized spacial score (nSPS) is 10.4. The van der Waals surface area contributed by atoms with Crippen molar-refractivity contribution in [2.45, 2.75) is 25.9 Å². The van der Waals surface area contributed by atoms with E-state index in [4.69, 9.17) is 20.4 Å². The van der Waals surface area contributed by atoms with Crippen LogP contribution in [0.1, 0.15) is 40.5 Å². The number of carbonyl (C=O) groups is 2. The summed E-state index contributed by atoms with van der Waals surface area (Å²) in [5.41, 5.74) is 0.662. The maximum atomic E-state index is 10.2. The van der Waals surface area contributed by atoms with Gasteiger partial charge in [-0.05, 0) is 44.0 Å². The Hall–Kier alpha value is -2.70. The lowest BCUT2D eigenvalue weighted by Crippen LogP contribution is -1.99. The largest absolute Gasteiger partial charge is 0.478 e. The molecule has 2 aromatic carbocycles. The van der Waals surface area contributed by atoms with Gasteiger partial charge >= 0.3 is 11.9 Å². The van der Waals surface area contributed by atoms with Crippen LogP contribution >= 0.6 is 0 Å². The molecule has 0 aliphatic heterocycles. The Bertz CT molecular complexity index is 546. The minimum Gasteiger partial charge on any atom is -0.478 e. The Labute approximate surface area is 147 Å². The summed E-state index contributed by atoms with van der Waals surface area (Å²) in [6.45, 7) is 1.90. The number of carboxylic acid groups (broad SMARTS) is 2. The highest BCUT2D eigenvalue weighted by atomic mass is 16.4. The number of rotatable bonds is 5. The lowest BCUT2D eigenvalue weighted by atomic mass is 10.2. The first-order valence-corrected chi connectivity index (χ1v) is 7.74. The highest BCUT2D eigenvalue weighted by Crippen LogP contribution is 1.97. The fourth-order valence-electron chi connectivity index (χ4n) is 1.55. The molecule has 1 unspecified atom stereocenters. The number of carboxylic acids is 2. The second-order valence-electron chi connectivity index (χ2n) is 5.06. The summed E-state index contributed by atoms with van der Waals surface area (Å²) < 4.78 is 0. The molecule has 6 nitrogen and oxygen atoms in total. The Balaban J connectivity index is 0.000000350. The van der Waals surface area contributed by atoms with Crippen molar-refractivity contribution >= 4 is 11.9 Å². The molecule has 0 amide bonds. The Morgan fingerprint density at radius 3 is 1.36 bits per heavy atom. The van der Waals surface area contributed by atoms with Crippen LogP contribution in [0.5, 0.6) is 0 Å². The van der Waals surface area contributed by atoms with Gasteiger partial charge in [-0.15, -0.1) is 0 Å². The van der Waals surface area contributed by atoms with Crippen molar-refractivity contribution in [1.29, 1.82) is 0 Å². The first-order valence-electron chi connectivity index (χ1n) is 7.74. The lowest BCUT2D eigenvalue weighted by molar-refractivity contribution is 0.0686. The number of hydrogen-bond acceptors (Lipinski definition) is 4. The van der Waals surface area contributed by atoms with Crippen molar-refractivity contribution in [3.63, 3.8) is 0 Å². The van der Waals surface area contributed by atoms with Gasteiger partial charge in [-0.1, -0.05) is 36.4 Å². The van der Waals surface area contributed by atoms with Crippen LogP contribution in [0.25, 0.3) is 0 Å². The van der Waals surface area contributed by atoms with E-state index in [1.165, 1.54) is 0 Å². The van der Waals surface area contributed by atoms with E-state index >= 15 is 0 Å². The van der Waals surface area contributed by atoms with Crippen LogP contribution in [0.4, 0.5) is 0 Å². The van der Waals surface area contributed by atoms with Gasteiger partial charge in [-0.25, -0.2) is 9.59 Å². The first kappa shape index (κ1) is 22.3. The molecule has 0 fully saturated rings. The van der Waals surface area contributed by atoms with E-state index in [1.54, 1.807) is 67.6 Å². The average Bonchev–Trinajstić information content (AvgIpc) is 2.62. The molecule has 0 radical (unpaired) electrons. The van der Waals surface area contributed by atoms with Gasteiger partial charge in [-0.2, -0.15) is 0 Å². The van der Waals surface area contributed by atoms with E-state index in [0.717, 1.165) is 0 Å². The van der Waals surface area contributed by atoms with Crippen molar-refractivity contribution in [1.82, 2.24) is 0 Å². The quantitative estimate of drug-likeness (QED) is 0.660. The summed E-state index contributed by atoms with van der Waals surface area (Å²) in [6.07, 6.45) is 1.15. The monoisotopic (exact) mass is 348 g/mol. The van der Waals surface area contributed by atoms with E-state index < -0.39 is 11.9 Å². The highest BCUT2D eigenvalue weighted by Gasteiger charge is 1.97. The number of aliphatic hydroxyl groups excluding tert-OH is 2. The van der Waals surface area contributed by atoms with E-state index in [1.807, 2.05) is 0 Å². The van der Waals surface area contributed by atoms with Crippen LogP contribution in [0.2, 0.25) is 0 Å². The Kier molecular flexibility index (Phi) is 12.2. The second-order valence-corrected chi connectivity index (χ2v) is 5.06.